The predicted octanol–water partition coefficient (Wildman–Crippen LogP) is 10.7. The lowest BCUT2D eigenvalue weighted by Gasteiger charge is -2.13. The Bertz CT molecular complexity index is 2420. The van der Waals surface area contributed by atoms with E-state index < -0.39 is 0 Å². The van der Waals surface area contributed by atoms with Gasteiger partial charge in [0.05, 0.1) is 11.0 Å². The normalized spacial score (nSPS) is 12.0. The Hall–Kier alpha value is -5.34. The molecule has 7 aromatic carbocycles. The summed E-state index contributed by atoms with van der Waals surface area (Å²) in [6, 6.07) is 50.2. The molecule has 2 aromatic heterocycles. The zero-order chi connectivity index (χ0) is 26.2. The van der Waals surface area contributed by atoms with Gasteiger partial charge < -0.3 is 8.98 Å². The number of benzene rings is 7. The third kappa shape index (κ3) is 2.99. The van der Waals surface area contributed by atoms with Gasteiger partial charge in [0.25, 0.3) is 0 Å². The summed E-state index contributed by atoms with van der Waals surface area (Å²) in [6.07, 6.45) is 0. The van der Waals surface area contributed by atoms with E-state index in [2.05, 4.69) is 138 Å². The topological polar surface area (TPSA) is 18.1 Å². The van der Waals surface area contributed by atoms with Crippen molar-refractivity contribution < 1.29 is 4.42 Å². The quantitative estimate of drug-likeness (QED) is 0.212. The molecule has 0 atom stereocenters. The molecule has 0 radical (unpaired) electrons. The molecule has 9 aromatic rings. The number of furan rings is 1. The van der Waals surface area contributed by atoms with Gasteiger partial charge in [-0.3, -0.25) is 0 Å². The minimum Gasteiger partial charge on any atom is -0.456 e. The number of hydrogen-bond donors (Lipinski definition) is 0. The molecule has 0 fully saturated rings. The average molecular weight is 510 g/mol. The van der Waals surface area contributed by atoms with Crippen LogP contribution in [0.25, 0.3) is 82.1 Å². The lowest BCUT2D eigenvalue weighted by atomic mass is 9.92. The van der Waals surface area contributed by atoms with Gasteiger partial charge in [0, 0.05) is 27.2 Å². The molecule has 0 saturated heterocycles. The Morgan fingerprint density at radius 2 is 1.12 bits per heavy atom. The highest BCUT2D eigenvalue weighted by molar-refractivity contribution is 6.20. The Morgan fingerprint density at radius 1 is 0.400 bits per heavy atom. The fraction of sp³-hybridized carbons (Fsp3) is 0. The van der Waals surface area contributed by atoms with Crippen molar-refractivity contribution in [1.82, 2.24) is 4.57 Å². The molecule has 2 nitrogen and oxygen atoms in total. The van der Waals surface area contributed by atoms with Crippen molar-refractivity contribution >= 4 is 65.3 Å². The predicted molar refractivity (Wildman–Crippen MR) is 169 cm³/mol. The second-order valence-electron chi connectivity index (χ2n) is 10.6. The molecule has 0 N–H and O–H groups in total. The number of rotatable bonds is 2. The van der Waals surface area contributed by atoms with Crippen molar-refractivity contribution in [3.05, 3.63) is 140 Å². The minimum atomic E-state index is 0.924. The Balaban J connectivity index is 1.41. The molecule has 0 amide bonds. The summed E-state index contributed by atoms with van der Waals surface area (Å²) >= 11 is 0. The van der Waals surface area contributed by atoms with Crippen LogP contribution in [-0.2, 0) is 0 Å². The van der Waals surface area contributed by atoms with Crippen LogP contribution in [0.2, 0.25) is 0 Å². The SMILES string of the molecule is c1ccc(-n2c3ccccc3c3ccc(-c4cc5ccccc5c5cc6oc7ccccc7c6cc45)cc32)cc1. The van der Waals surface area contributed by atoms with Gasteiger partial charge >= 0.3 is 0 Å². The van der Waals surface area contributed by atoms with E-state index in [0.29, 0.717) is 0 Å². The van der Waals surface area contributed by atoms with E-state index in [4.69, 9.17) is 4.42 Å². The first-order valence-corrected chi connectivity index (χ1v) is 13.7. The smallest absolute Gasteiger partial charge is 0.136 e. The first-order valence-electron chi connectivity index (χ1n) is 13.7. The van der Waals surface area contributed by atoms with Gasteiger partial charge in [-0.15, -0.1) is 0 Å². The second-order valence-corrected chi connectivity index (χ2v) is 10.6. The number of fused-ring (bicyclic) bond motifs is 9. The van der Waals surface area contributed by atoms with Crippen LogP contribution in [-0.4, -0.2) is 4.57 Å². The maximum absolute atomic E-state index is 6.31. The average Bonchev–Trinajstić information content (AvgIpc) is 3.55. The first-order chi connectivity index (χ1) is 19.8. The standard InChI is InChI=1S/C38H23NO/c1-2-11-26(12-3-1)39-35-16-8-6-14-28(35)29-19-18-25(21-36(29)39)31-20-24-10-4-5-13-27(24)33-23-38-34(22-32(31)33)30-15-7-9-17-37(30)40-38/h1-23H. The molecular formula is C38H23NO. The second kappa shape index (κ2) is 8.08. The zero-order valence-electron chi connectivity index (χ0n) is 21.6. The van der Waals surface area contributed by atoms with Crippen LogP contribution in [0.15, 0.2) is 144 Å². The summed E-state index contributed by atoms with van der Waals surface area (Å²) in [5, 5.41) is 9.74. The molecule has 0 unspecified atom stereocenters. The molecule has 2 heteroatoms. The van der Waals surface area contributed by atoms with Gasteiger partial charge in [0.15, 0.2) is 0 Å². The highest BCUT2D eigenvalue weighted by Gasteiger charge is 2.17. The largest absolute Gasteiger partial charge is 0.456 e. The number of hydrogen-bond acceptors (Lipinski definition) is 1. The molecule has 2 heterocycles. The summed E-state index contributed by atoms with van der Waals surface area (Å²) in [5.74, 6) is 0. The van der Waals surface area contributed by atoms with Crippen molar-refractivity contribution in [2.75, 3.05) is 0 Å². The lowest BCUT2D eigenvalue weighted by Crippen LogP contribution is -1.93. The van der Waals surface area contributed by atoms with E-state index in [1.165, 1.54) is 60.2 Å². The molecule has 9 rings (SSSR count). The van der Waals surface area contributed by atoms with Gasteiger partial charge in [0.2, 0.25) is 0 Å². The van der Waals surface area contributed by atoms with Crippen LogP contribution in [0.1, 0.15) is 0 Å². The molecular weight excluding hydrogens is 486 g/mol. The zero-order valence-corrected chi connectivity index (χ0v) is 21.6. The highest BCUT2D eigenvalue weighted by Crippen LogP contribution is 2.41. The van der Waals surface area contributed by atoms with E-state index in [1.54, 1.807) is 0 Å². The van der Waals surface area contributed by atoms with Crippen LogP contribution in [0.5, 0.6) is 0 Å². The molecule has 0 bridgehead atoms. The lowest BCUT2D eigenvalue weighted by molar-refractivity contribution is 0.669. The molecule has 0 aliphatic heterocycles. The van der Waals surface area contributed by atoms with Gasteiger partial charge in [-0.25, -0.2) is 0 Å². The van der Waals surface area contributed by atoms with Gasteiger partial charge in [-0.05, 0) is 81.2 Å². The maximum atomic E-state index is 6.31. The summed E-state index contributed by atoms with van der Waals surface area (Å²) in [5.41, 5.74) is 7.88. The van der Waals surface area contributed by atoms with Crippen LogP contribution >= 0.6 is 0 Å². The summed E-state index contributed by atoms with van der Waals surface area (Å²) in [4.78, 5) is 0. The van der Waals surface area contributed by atoms with Gasteiger partial charge in [-0.2, -0.15) is 0 Å². The van der Waals surface area contributed by atoms with Crippen LogP contribution in [0.3, 0.4) is 0 Å². The van der Waals surface area contributed by atoms with E-state index in [-0.39, 0.29) is 0 Å². The summed E-state index contributed by atoms with van der Waals surface area (Å²) in [7, 11) is 0. The monoisotopic (exact) mass is 509 g/mol. The summed E-state index contributed by atoms with van der Waals surface area (Å²) < 4.78 is 8.70. The van der Waals surface area contributed by atoms with Crippen molar-refractivity contribution in [2.45, 2.75) is 0 Å². The van der Waals surface area contributed by atoms with Crippen molar-refractivity contribution in [2.24, 2.45) is 0 Å². The number of nitrogens with zero attached hydrogens (tertiary/aromatic N) is 1. The Labute approximate surface area is 230 Å². The number of aromatic nitrogens is 1. The minimum absolute atomic E-state index is 0.924. The fourth-order valence-corrected chi connectivity index (χ4v) is 6.55. The maximum Gasteiger partial charge on any atom is 0.136 e. The highest BCUT2D eigenvalue weighted by atomic mass is 16.3. The van der Waals surface area contributed by atoms with E-state index in [0.717, 1.165) is 21.9 Å². The number of para-hydroxylation sites is 3. The van der Waals surface area contributed by atoms with E-state index >= 15 is 0 Å². The molecule has 0 spiro atoms. The van der Waals surface area contributed by atoms with Crippen molar-refractivity contribution in [3.63, 3.8) is 0 Å². The first kappa shape index (κ1) is 21.6. The van der Waals surface area contributed by atoms with Crippen LogP contribution in [0, 0.1) is 0 Å². The fourth-order valence-electron chi connectivity index (χ4n) is 6.55. The van der Waals surface area contributed by atoms with E-state index in [9.17, 15) is 0 Å². The van der Waals surface area contributed by atoms with Crippen LogP contribution < -0.4 is 0 Å². The van der Waals surface area contributed by atoms with Crippen molar-refractivity contribution in [3.8, 4) is 16.8 Å². The van der Waals surface area contributed by atoms with Crippen LogP contribution in [0.4, 0.5) is 0 Å². The summed E-state index contributed by atoms with van der Waals surface area (Å²) in [6.45, 7) is 0. The van der Waals surface area contributed by atoms with Gasteiger partial charge in [0.1, 0.15) is 11.2 Å². The Morgan fingerprint density at radius 3 is 2.02 bits per heavy atom. The van der Waals surface area contributed by atoms with Gasteiger partial charge in [-0.1, -0.05) is 91.0 Å². The molecule has 40 heavy (non-hydrogen) atoms. The van der Waals surface area contributed by atoms with Crippen molar-refractivity contribution in [1.29, 1.82) is 0 Å². The third-order valence-electron chi connectivity index (χ3n) is 8.36. The molecule has 186 valence electrons. The van der Waals surface area contributed by atoms with E-state index in [1.807, 2.05) is 6.07 Å². The molecule has 0 aliphatic rings. The Kier molecular flexibility index (Phi) is 4.36. The third-order valence-corrected chi connectivity index (χ3v) is 8.36. The molecule has 0 saturated carbocycles. The molecule has 0 aliphatic carbocycles.